The van der Waals surface area contributed by atoms with Gasteiger partial charge in [-0.15, -0.1) is 11.8 Å². The molecular formula is C14H21NO2S. The van der Waals surface area contributed by atoms with Gasteiger partial charge in [0.05, 0.1) is 12.9 Å². The molecule has 18 heavy (non-hydrogen) atoms. The highest BCUT2D eigenvalue weighted by molar-refractivity contribution is 8.00. The number of rotatable bonds is 6. The minimum atomic E-state index is -0.208. The zero-order chi connectivity index (χ0) is 13.5. The summed E-state index contributed by atoms with van der Waals surface area (Å²) in [4.78, 5) is 11.2. The van der Waals surface area contributed by atoms with Crippen LogP contribution in [0.25, 0.3) is 0 Å². The van der Waals surface area contributed by atoms with E-state index in [2.05, 4.69) is 42.8 Å². The number of ether oxygens (including phenoxy) is 1. The maximum absolute atomic E-state index is 11.2. The second-order valence-electron chi connectivity index (χ2n) is 4.29. The molecule has 2 atom stereocenters. The number of benzene rings is 1. The van der Waals surface area contributed by atoms with Gasteiger partial charge < -0.3 is 10.5 Å². The maximum atomic E-state index is 11.2. The zero-order valence-electron chi connectivity index (χ0n) is 11.2. The van der Waals surface area contributed by atoms with Gasteiger partial charge in [0.25, 0.3) is 0 Å². The topological polar surface area (TPSA) is 52.3 Å². The molecule has 0 heterocycles. The molecule has 0 aliphatic carbocycles. The Kier molecular flexibility index (Phi) is 6.22. The van der Waals surface area contributed by atoms with E-state index in [1.165, 1.54) is 18.2 Å². The van der Waals surface area contributed by atoms with Crippen LogP contribution < -0.4 is 5.73 Å². The lowest BCUT2D eigenvalue weighted by Gasteiger charge is -2.22. The molecule has 0 aromatic heterocycles. The average Bonchev–Trinajstić information content (AvgIpc) is 2.40. The van der Waals surface area contributed by atoms with Gasteiger partial charge in [0, 0.05) is 11.3 Å². The van der Waals surface area contributed by atoms with Crippen molar-refractivity contribution >= 4 is 17.7 Å². The summed E-state index contributed by atoms with van der Waals surface area (Å²) in [6.45, 7) is 4.12. The molecule has 4 heteroatoms. The summed E-state index contributed by atoms with van der Waals surface area (Å²) in [5.41, 5.74) is 8.53. The Labute approximate surface area is 113 Å². The predicted molar refractivity (Wildman–Crippen MR) is 76.7 cm³/mol. The molecule has 1 aromatic rings. The van der Waals surface area contributed by atoms with Crippen molar-refractivity contribution in [1.82, 2.24) is 0 Å². The van der Waals surface area contributed by atoms with E-state index < -0.39 is 0 Å². The van der Waals surface area contributed by atoms with Crippen LogP contribution in [-0.2, 0) is 9.53 Å². The lowest BCUT2D eigenvalue weighted by Crippen LogP contribution is -2.26. The predicted octanol–water partition coefficient (Wildman–Crippen LogP) is 2.68. The van der Waals surface area contributed by atoms with Crippen molar-refractivity contribution in [3.05, 3.63) is 35.4 Å². The second kappa shape index (κ2) is 7.44. The first kappa shape index (κ1) is 15.1. The molecule has 0 aliphatic heterocycles. The number of carbonyl (C=O) groups is 1. The number of hydrogen-bond donors (Lipinski definition) is 1. The van der Waals surface area contributed by atoms with Gasteiger partial charge in [-0.05, 0) is 18.9 Å². The molecule has 2 N–H and O–H groups in total. The highest BCUT2D eigenvalue weighted by atomic mass is 32.2. The number of esters is 1. The standard InChI is InChI=1S/C14H21NO2S/c1-4-12(15)14(18-9-13(16)17-3)11-7-5-10(2)6-8-11/h5-8,12,14H,4,9,15H2,1-3H3. The molecule has 0 radical (unpaired) electrons. The fourth-order valence-corrected chi connectivity index (χ4v) is 2.88. The number of thioether (sulfide) groups is 1. The highest BCUT2D eigenvalue weighted by Crippen LogP contribution is 2.32. The van der Waals surface area contributed by atoms with Crippen molar-refractivity contribution in [2.24, 2.45) is 5.73 Å². The van der Waals surface area contributed by atoms with E-state index in [4.69, 9.17) is 5.73 Å². The summed E-state index contributed by atoms with van der Waals surface area (Å²) in [5, 5.41) is 0.134. The molecule has 0 amide bonds. The molecule has 3 nitrogen and oxygen atoms in total. The molecule has 0 spiro atoms. The molecule has 0 fully saturated rings. The molecule has 0 saturated heterocycles. The summed E-state index contributed by atoms with van der Waals surface area (Å²) in [6, 6.07) is 8.36. The van der Waals surface area contributed by atoms with Crippen LogP contribution in [0.3, 0.4) is 0 Å². The first-order valence-corrected chi connectivity index (χ1v) is 7.14. The largest absolute Gasteiger partial charge is 0.468 e. The summed E-state index contributed by atoms with van der Waals surface area (Å²) < 4.78 is 4.67. The molecule has 1 aromatic carbocycles. The molecule has 2 unspecified atom stereocenters. The molecule has 0 bridgehead atoms. The van der Waals surface area contributed by atoms with Crippen molar-refractivity contribution < 1.29 is 9.53 Å². The van der Waals surface area contributed by atoms with E-state index in [0.717, 1.165) is 6.42 Å². The summed E-state index contributed by atoms with van der Waals surface area (Å²) in [5.74, 6) is 0.128. The molecular weight excluding hydrogens is 246 g/mol. The van der Waals surface area contributed by atoms with Crippen molar-refractivity contribution in [3.63, 3.8) is 0 Å². The number of methoxy groups -OCH3 is 1. The lowest BCUT2D eigenvalue weighted by molar-refractivity contribution is -0.137. The van der Waals surface area contributed by atoms with E-state index in [1.54, 1.807) is 11.8 Å². The van der Waals surface area contributed by atoms with Crippen LogP contribution in [0.4, 0.5) is 0 Å². The third-order valence-corrected chi connectivity index (χ3v) is 4.26. The Morgan fingerprint density at radius 1 is 1.39 bits per heavy atom. The van der Waals surface area contributed by atoms with Crippen LogP contribution in [-0.4, -0.2) is 24.9 Å². The Hall–Kier alpha value is -1.00. The van der Waals surface area contributed by atoms with E-state index in [9.17, 15) is 4.79 Å². The normalized spacial score (nSPS) is 14.0. The van der Waals surface area contributed by atoms with Gasteiger partial charge in [-0.3, -0.25) is 4.79 Å². The first-order valence-electron chi connectivity index (χ1n) is 6.09. The van der Waals surface area contributed by atoms with Gasteiger partial charge >= 0.3 is 5.97 Å². The van der Waals surface area contributed by atoms with Crippen LogP contribution in [0.15, 0.2) is 24.3 Å². The number of hydrogen-bond acceptors (Lipinski definition) is 4. The molecule has 1 rings (SSSR count). The van der Waals surface area contributed by atoms with Crippen LogP contribution in [0.2, 0.25) is 0 Å². The van der Waals surface area contributed by atoms with Crippen LogP contribution in [0, 0.1) is 6.92 Å². The van der Waals surface area contributed by atoms with Crippen LogP contribution >= 0.6 is 11.8 Å². The van der Waals surface area contributed by atoms with E-state index in [1.807, 2.05) is 0 Å². The summed E-state index contributed by atoms with van der Waals surface area (Å²) >= 11 is 1.55. The summed E-state index contributed by atoms with van der Waals surface area (Å²) in [7, 11) is 1.41. The lowest BCUT2D eigenvalue weighted by atomic mass is 10.0. The minimum Gasteiger partial charge on any atom is -0.468 e. The summed E-state index contributed by atoms with van der Waals surface area (Å²) in [6.07, 6.45) is 0.882. The Morgan fingerprint density at radius 2 is 2.00 bits per heavy atom. The van der Waals surface area contributed by atoms with Crippen molar-refractivity contribution in [1.29, 1.82) is 0 Å². The van der Waals surface area contributed by atoms with Crippen molar-refractivity contribution in [2.45, 2.75) is 31.6 Å². The van der Waals surface area contributed by atoms with E-state index in [0.29, 0.717) is 5.75 Å². The van der Waals surface area contributed by atoms with Gasteiger partial charge in [0.1, 0.15) is 0 Å². The zero-order valence-corrected chi connectivity index (χ0v) is 12.0. The fourth-order valence-electron chi connectivity index (χ4n) is 1.65. The maximum Gasteiger partial charge on any atom is 0.315 e. The Morgan fingerprint density at radius 3 is 2.50 bits per heavy atom. The average molecular weight is 267 g/mol. The molecule has 0 saturated carbocycles. The third kappa shape index (κ3) is 4.35. The van der Waals surface area contributed by atoms with Gasteiger partial charge in [-0.2, -0.15) is 0 Å². The minimum absolute atomic E-state index is 0.0439. The fraction of sp³-hybridized carbons (Fsp3) is 0.500. The number of aryl methyl sites for hydroxylation is 1. The van der Waals surface area contributed by atoms with Gasteiger partial charge in [-0.1, -0.05) is 36.8 Å². The van der Waals surface area contributed by atoms with Gasteiger partial charge in [0.15, 0.2) is 0 Å². The number of carbonyl (C=O) groups excluding carboxylic acids is 1. The quantitative estimate of drug-likeness (QED) is 0.805. The monoisotopic (exact) mass is 267 g/mol. The molecule has 100 valence electrons. The number of nitrogens with two attached hydrogens (primary N) is 1. The van der Waals surface area contributed by atoms with Crippen molar-refractivity contribution in [3.8, 4) is 0 Å². The molecule has 0 aliphatic rings. The first-order chi connectivity index (χ1) is 8.58. The third-order valence-electron chi connectivity index (χ3n) is 2.87. The van der Waals surface area contributed by atoms with E-state index in [-0.39, 0.29) is 17.3 Å². The van der Waals surface area contributed by atoms with Gasteiger partial charge in [-0.25, -0.2) is 0 Å². The van der Waals surface area contributed by atoms with Crippen molar-refractivity contribution in [2.75, 3.05) is 12.9 Å². The van der Waals surface area contributed by atoms with Crippen LogP contribution in [0.5, 0.6) is 0 Å². The highest BCUT2D eigenvalue weighted by Gasteiger charge is 2.20. The van der Waals surface area contributed by atoms with E-state index >= 15 is 0 Å². The smallest absolute Gasteiger partial charge is 0.315 e. The second-order valence-corrected chi connectivity index (χ2v) is 5.42. The van der Waals surface area contributed by atoms with Crippen LogP contribution in [0.1, 0.15) is 29.7 Å². The van der Waals surface area contributed by atoms with Gasteiger partial charge in [0.2, 0.25) is 0 Å². The Balaban J connectivity index is 2.77. The SMILES string of the molecule is CCC(N)C(SCC(=O)OC)c1ccc(C)cc1. The Bertz CT molecular complexity index is 378.